The minimum atomic E-state index is -3.88. The van der Waals surface area contributed by atoms with Crippen molar-refractivity contribution in [1.29, 1.82) is 0 Å². The number of anilines is 1. The molecule has 0 aliphatic carbocycles. The van der Waals surface area contributed by atoms with Gasteiger partial charge in [0.15, 0.2) is 0 Å². The van der Waals surface area contributed by atoms with E-state index < -0.39 is 22.5 Å². The Bertz CT molecular complexity index is 1610. The number of aromatic amines is 1. The van der Waals surface area contributed by atoms with Crippen LogP contribution < -0.4 is 15.8 Å². The highest BCUT2D eigenvalue weighted by Gasteiger charge is 2.35. The molecule has 3 aromatic rings. The monoisotopic (exact) mass is 655 g/mol. The summed E-state index contributed by atoms with van der Waals surface area (Å²) in [5, 5.41) is -0.568. The Labute approximate surface area is 259 Å². The molecule has 2 aromatic carbocycles. The number of hydrogen-bond donors (Lipinski definition) is 2. The Morgan fingerprint density at radius 1 is 1.10 bits per heavy atom. The highest BCUT2D eigenvalue weighted by atomic mass is 35.5. The normalized spacial score (nSPS) is 15.3. The number of fused-ring (bicyclic) bond motifs is 1. The van der Waals surface area contributed by atoms with Gasteiger partial charge in [0, 0.05) is 42.5 Å². The maximum atomic E-state index is 14.1. The first-order valence-corrected chi connectivity index (χ1v) is 14.9. The Morgan fingerprint density at radius 3 is 2.38 bits per heavy atom. The minimum absolute atomic E-state index is 0.0657. The molecule has 2 aliphatic heterocycles. The molecular formula is C28H26Cl3F2N5O3S. The third-order valence-electron chi connectivity index (χ3n) is 6.92. The number of H-pyrrole nitrogens is 1. The van der Waals surface area contributed by atoms with Crippen LogP contribution in [0.2, 0.25) is 10.0 Å². The summed E-state index contributed by atoms with van der Waals surface area (Å²) in [6.45, 7) is 2.07. The SMILES string of the molecule is CN(C)Cc1cc2c(cc1N1CCCNC1=O)CN(C(=O)c1c(Sc3c(Cl)cccc3Cl)cc(C(F)(F)Cl)[nH]c1=O)C2. The lowest BCUT2D eigenvalue weighted by Crippen LogP contribution is -2.47. The maximum Gasteiger partial charge on any atom is 0.362 e. The van der Waals surface area contributed by atoms with Crippen LogP contribution in [0.1, 0.15) is 39.2 Å². The minimum Gasteiger partial charge on any atom is -0.338 e. The van der Waals surface area contributed by atoms with E-state index in [9.17, 15) is 23.2 Å². The Balaban J connectivity index is 1.53. The smallest absolute Gasteiger partial charge is 0.338 e. The number of alkyl halides is 3. The van der Waals surface area contributed by atoms with E-state index in [1.54, 1.807) is 23.1 Å². The molecule has 0 radical (unpaired) electrons. The molecule has 1 fully saturated rings. The van der Waals surface area contributed by atoms with Gasteiger partial charge < -0.3 is 20.1 Å². The first-order chi connectivity index (χ1) is 19.8. The summed E-state index contributed by atoms with van der Waals surface area (Å²) in [5.41, 5.74) is 1.15. The molecular weight excluding hydrogens is 631 g/mol. The van der Waals surface area contributed by atoms with Crippen LogP contribution in [0.15, 0.2) is 51.0 Å². The van der Waals surface area contributed by atoms with Crippen LogP contribution in [0.3, 0.4) is 0 Å². The number of nitrogens with one attached hydrogen (secondary N) is 2. The van der Waals surface area contributed by atoms with Crippen molar-refractivity contribution in [3.63, 3.8) is 0 Å². The predicted octanol–water partition coefficient (Wildman–Crippen LogP) is 6.26. The summed E-state index contributed by atoms with van der Waals surface area (Å²) < 4.78 is 28.1. The van der Waals surface area contributed by atoms with Gasteiger partial charge in [-0.3, -0.25) is 14.5 Å². The lowest BCUT2D eigenvalue weighted by molar-refractivity contribution is 0.0740. The van der Waals surface area contributed by atoms with Crippen LogP contribution in [0.25, 0.3) is 0 Å². The lowest BCUT2D eigenvalue weighted by atomic mass is 10.0. The molecule has 0 spiro atoms. The lowest BCUT2D eigenvalue weighted by Gasteiger charge is -2.30. The largest absolute Gasteiger partial charge is 0.362 e. The van der Waals surface area contributed by atoms with Crippen molar-refractivity contribution in [2.75, 3.05) is 32.1 Å². The predicted molar refractivity (Wildman–Crippen MR) is 160 cm³/mol. The van der Waals surface area contributed by atoms with E-state index in [-0.39, 0.29) is 39.6 Å². The molecule has 42 heavy (non-hydrogen) atoms. The van der Waals surface area contributed by atoms with Gasteiger partial charge in [-0.15, -0.1) is 0 Å². The van der Waals surface area contributed by atoms with Gasteiger partial charge in [0.25, 0.3) is 11.5 Å². The fourth-order valence-electron chi connectivity index (χ4n) is 5.03. The zero-order chi connectivity index (χ0) is 30.3. The third kappa shape index (κ3) is 6.26. The standard InChI is InChI=1S/C28H26Cl3F2N5O3S/c1-36(2)12-17-9-15-13-37(14-16(15)10-20(17)38-8-4-7-34-27(38)41)26(40)23-21(11-22(28(31,32)33)35-25(23)39)42-24-18(29)5-3-6-19(24)30/h3,5-6,9-11H,4,7-8,12-14H2,1-2H3,(H,34,41)(H,35,39). The van der Waals surface area contributed by atoms with E-state index in [0.29, 0.717) is 24.5 Å². The second-order valence-electron chi connectivity index (χ2n) is 10.3. The summed E-state index contributed by atoms with van der Waals surface area (Å²) in [4.78, 5) is 47.2. The number of pyridine rings is 1. The Morgan fingerprint density at radius 2 is 1.76 bits per heavy atom. The molecule has 2 aliphatic rings. The number of rotatable bonds is 7. The fourth-order valence-corrected chi connectivity index (χ4v) is 6.77. The number of benzene rings is 2. The average Bonchev–Trinajstić information content (AvgIpc) is 3.32. The van der Waals surface area contributed by atoms with Gasteiger partial charge in [-0.05, 0) is 73.1 Å². The van der Waals surface area contributed by atoms with Crippen LogP contribution in [0.4, 0.5) is 19.3 Å². The van der Waals surface area contributed by atoms with Crippen molar-refractivity contribution < 1.29 is 18.4 Å². The van der Waals surface area contributed by atoms with Crippen LogP contribution in [0, 0.1) is 0 Å². The quantitative estimate of drug-likeness (QED) is 0.293. The number of aromatic nitrogens is 1. The highest BCUT2D eigenvalue weighted by molar-refractivity contribution is 7.99. The number of nitrogens with zero attached hydrogens (tertiary/aromatic N) is 3. The maximum absolute atomic E-state index is 14.1. The van der Waals surface area contributed by atoms with Gasteiger partial charge in [0.2, 0.25) is 0 Å². The van der Waals surface area contributed by atoms with E-state index in [0.717, 1.165) is 46.6 Å². The highest BCUT2D eigenvalue weighted by Crippen LogP contribution is 2.42. The van der Waals surface area contributed by atoms with Gasteiger partial charge in [-0.2, -0.15) is 8.78 Å². The molecule has 5 rings (SSSR count). The topological polar surface area (TPSA) is 88.8 Å². The van der Waals surface area contributed by atoms with E-state index in [4.69, 9.17) is 34.8 Å². The summed E-state index contributed by atoms with van der Waals surface area (Å²) in [6.07, 6.45) is 0.796. The van der Waals surface area contributed by atoms with Crippen molar-refractivity contribution in [3.05, 3.63) is 84.7 Å². The number of hydrogen-bond acceptors (Lipinski definition) is 5. The number of halogens is 5. The first-order valence-electron chi connectivity index (χ1n) is 12.9. The van der Waals surface area contributed by atoms with E-state index in [2.05, 4.69) is 10.3 Å². The van der Waals surface area contributed by atoms with Crippen LogP contribution in [0.5, 0.6) is 0 Å². The molecule has 3 amide bonds. The summed E-state index contributed by atoms with van der Waals surface area (Å²) in [7, 11) is 3.85. The number of carbonyl (C=O) groups is 2. The average molecular weight is 657 g/mol. The molecule has 14 heteroatoms. The van der Waals surface area contributed by atoms with Gasteiger partial charge in [0.1, 0.15) is 11.3 Å². The first kappa shape index (κ1) is 30.6. The molecule has 2 N–H and O–H groups in total. The van der Waals surface area contributed by atoms with E-state index >= 15 is 0 Å². The molecule has 0 bridgehead atoms. The Kier molecular flexibility index (Phi) is 8.78. The van der Waals surface area contributed by atoms with Gasteiger partial charge in [0.05, 0.1) is 15.7 Å². The number of amides is 3. The van der Waals surface area contributed by atoms with Gasteiger partial charge >= 0.3 is 11.4 Å². The van der Waals surface area contributed by atoms with Crippen LogP contribution in [-0.2, 0) is 25.0 Å². The van der Waals surface area contributed by atoms with Crippen molar-refractivity contribution in [1.82, 2.24) is 20.1 Å². The summed E-state index contributed by atoms with van der Waals surface area (Å²) in [5.74, 6) is -0.658. The second-order valence-corrected chi connectivity index (χ2v) is 12.6. The summed E-state index contributed by atoms with van der Waals surface area (Å²) in [6, 6.07) is 9.40. The molecule has 1 saturated heterocycles. The Hall–Kier alpha value is -2.83. The van der Waals surface area contributed by atoms with Gasteiger partial charge in [-0.1, -0.05) is 47.1 Å². The molecule has 0 saturated carbocycles. The van der Waals surface area contributed by atoms with Crippen molar-refractivity contribution in [2.24, 2.45) is 0 Å². The second kappa shape index (κ2) is 12.0. The van der Waals surface area contributed by atoms with Crippen molar-refractivity contribution in [2.45, 2.75) is 41.2 Å². The zero-order valence-corrected chi connectivity index (χ0v) is 25.7. The van der Waals surface area contributed by atoms with E-state index in [1.807, 2.05) is 31.1 Å². The van der Waals surface area contributed by atoms with Gasteiger partial charge in [-0.25, -0.2) is 4.79 Å². The molecule has 3 heterocycles. The third-order valence-corrected chi connectivity index (χ3v) is 9.16. The van der Waals surface area contributed by atoms with Crippen LogP contribution in [-0.4, -0.2) is 53.9 Å². The number of carbonyl (C=O) groups excluding carboxylic acids is 2. The van der Waals surface area contributed by atoms with Crippen molar-refractivity contribution in [3.8, 4) is 0 Å². The molecule has 1 aromatic heterocycles. The molecule has 222 valence electrons. The summed E-state index contributed by atoms with van der Waals surface area (Å²) >= 11 is 18.7. The fraction of sp³-hybridized carbons (Fsp3) is 0.321. The van der Waals surface area contributed by atoms with Crippen molar-refractivity contribution >= 4 is 64.2 Å². The van der Waals surface area contributed by atoms with Crippen LogP contribution >= 0.6 is 46.6 Å². The molecule has 0 atom stereocenters. The number of urea groups is 1. The zero-order valence-electron chi connectivity index (χ0n) is 22.6. The van der Waals surface area contributed by atoms with E-state index in [1.165, 1.54) is 4.90 Å². The molecule has 0 unspecified atom stereocenters. The molecule has 8 nitrogen and oxygen atoms in total.